The molecule has 140 valence electrons. The molecule has 0 spiro atoms. The highest BCUT2D eigenvalue weighted by Gasteiger charge is 2.32. The van der Waals surface area contributed by atoms with Crippen LogP contribution in [0.5, 0.6) is 5.75 Å². The third-order valence-electron chi connectivity index (χ3n) is 4.58. The number of methoxy groups -OCH3 is 1. The zero-order valence-electron chi connectivity index (χ0n) is 15.0. The highest BCUT2D eigenvalue weighted by Crippen LogP contribution is 2.31. The fourth-order valence-electron chi connectivity index (χ4n) is 3.12. The zero-order valence-corrected chi connectivity index (χ0v) is 16.6. The number of morpholine rings is 1. The molecule has 0 amide bonds. The van der Waals surface area contributed by atoms with Gasteiger partial charge in [-0.15, -0.1) is 0 Å². The second-order valence-corrected chi connectivity index (χ2v) is 8.70. The van der Waals surface area contributed by atoms with E-state index in [-0.39, 0.29) is 12.6 Å². The molecule has 1 aliphatic heterocycles. The maximum Gasteiger partial charge on any atom is 0.243 e. The van der Waals surface area contributed by atoms with Crippen LogP contribution in [0.4, 0.5) is 0 Å². The smallest absolute Gasteiger partial charge is 0.243 e. The Morgan fingerprint density at radius 1 is 1.15 bits per heavy atom. The molecule has 26 heavy (non-hydrogen) atoms. The molecular weight excluding hydrogens is 374 g/mol. The molecule has 1 unspecified atom stereocenters. The quantitative estimate of drug-likeness (QED) is 0.791. The largest absolute Gasteiger partial charge is 0.496 e. The molecule has 5 nitrogen and oxygen atoms in total. The van der Waals surface area contributed by atoms with Crippen molar-refractivity contribution < 1.29 is 17.9 Å². The van der Waals surface area contributed by atoms with Crippen LogP contribution in [0.25, 0.3) is 0 Å². The summed E-state index contributed by atoms with van der Waals surface area (Å²) in [4.78, 5) is 0.313. The Hall–Kier alpha value is -1.60. The van der Waals surface area contributed by atoms with Crippen molar-refractivity contribution in [1.29, 1.82) is 0 Å². The fourth-order valence-corrected chi connectivity index (χ4v) is 4.97. The van der Waals surface area contributed by atoms with Gasteiger partial charge in [-0.2, -0.15) is 4.31 Å². The summed E-state index contributed by atoms with van der Waals surface area (Å²) in [6.07, 6.45) is -0.310. The topological polar surface area (TPSA) is 55.8 Å². The first-order chi connectivity index (χ1) is 12.3. The van der Waals surface area contributed by atoms with Gasteiger partial charge in [0.25, 0.3) is 0 Å². The number of nitrogens with zero attached hydrogens (tertiary/aromatic N) is 1. The van der Waals surface area contributed by atoms with Gasteiger partial charge in [-0.1, -0.05) is 23.7 Å². The monoisotopic (exact) mass is 395 g/mol. The van der Waals surface area contributed by atoms with Crippen LogP contribution in [0, 0.1) is 13.8 Å². The Morgan fingerprint density at radius 2 is 1.85 bits per heavy atom. The number of hydrogen-bond acceptors (Lipinski definition) is 4. The third kappa shape index (κ3) is 3.74. The standard InChI is InChI=1S/C19H22ClNO4S/c1-13-11-19(14(2)10-17(13)24-3)26(22,23)21-8-9-25-18(12-21)15-4-6-16(20)7-5-15/h4-7,10-11,18H,8-9,12H2,1-3H3. The molecule has 0 N–H and O–H groups in total. The number of hydrogen-bond donors (Lipinski definition) is 0. The van der Waals surface area contributed by atoms with Crippen LogP contribution in [0.1, 0.15) is 22.8 Å². The van der Waals surface area contributed by atoms with Gasteiger partial charge in [0.2, 0.25) is 10.0 Å². The normalized spacial score (nSPS) is 18.7. The lowest BCUT2D eigenvalue weighted by Crippen LogP contribution is -2.42. The molecule has 1 saturated heterocycles. The van der Waals surface area contributed by atoms with Crippen molar-refractivity contribution in [3.63, 3.8) is 0 Å². The van der Waals surface area contributed by atoms with Crippen LogP contribution in [0.3, 0.4) is 0 Å². The molecule has 1 atom stereocenters. The van der Waals surface area contributed by atoms with Crippen LogP contribution in [0.15, 0.2) is 41.3 Å². The Bertz CT molecular complexity index is 897. The van der Waals surface area contributed by atoms with E-state index in [1.165, 1.54) is 4.31 Å². The van der Waals surface area contributed by atoms with E-state index in [1.54, 1.807) is 38.3 Å². The minimum Gasteiger partial charge on any atom is -0.496 e. The average molecular weight is 396 g/mol. The molecule has 0 bridgehead atoms. The lowest BCUT2D eigenvalue weighted by atomic mass is 10.1. The first kappa shape index (κ1) is 19.2. The minimum absolute atomic E-state index is 0.272. The van der Waals surface area contributed by atoms with Crippen molar-refractivity contribution in [3.8, 4) is 5.75 Å². The fraction of sp³-hybridized carbons (Fsp3) is 0.368. The summed E-state index contributed by atoms with van der Waals surface area (Å²) in [5, 5.41) is 0.637. The predicted molar refractivity (Wildman–Crippen MR) is 101 cm³/mol. The number of ether oxygens (including phenoxy) is 2. The van der Waals surface area contributed by atoms with Crippen LogP contribution in [0.2, 0.25) is 5.02 Å². The Kier molecular flexibility index (Phi) is 5.58. The summed E-state index contributed by atoms with van der Waals surface area (Å²) in [7, 11) is -2.04. The highest BCUT2D eigenvalue weighted by atomic mass is 35.5. The van der Waals surface area contributed by atoms with E-state index in [0.717, 1.165) is 11.1 Å². The molecule has 0 aliphatic carbocycles. The SMILES string of the molecule is COc1cc(C)c(S(=O)(=O)N2CCOC(c3ccc(Cl)cc3)C2)cc1C. The summed E-state index contributed by atoms with van der Waals surface area (Å²) in [6, 6.07) is 10.7. The maximum absolute atomic E-state index is 13.2. The third-order valence-corrected chi connectivity index (χ3v) is 6.84. The molecule has 1 heterocycles. The van der Waals surface area contributed by atoms with Gasteiger partial charge in [0.1, 0.15) is 5.75 Å². The van der Waals surface area contributed by atoms with E-state index in [9.17, 15) is 8.42 Å². The molecule has 1 aliphatic rings. The second-order valence-electron chi connectivity index (χ2n) is 6.36. The van der Waals surface area contributed by atoms with Gasteiger partial charge in [-0.3, -0.25) is 0 Å². The molecule has 1 fully saturated rings. The summed E-state index contributed by atoms with van der Waals surface area (Å²) in [5.74, 6) is 0.683. The van der Waals surface area contributed by atoms with Gasteiger partial charge in [-0.25, -0.2) is 8.42 Å². The lowest BCUT2D eigenvalue weighted by molar-refractivity contribution is -0.00256. The molecule has 2 aromatic rings. The van der Waals surface area contributed by atoms with Gasteiger partial charge in [0, 0.05) is 18.1 Å². The van der Waals surface area contributed by atoms with E-state index >= 15 is 0 Å². The van der Waals surface area contributed by atoms with E-state index < -0.39 is 10.0 Å². The number of aryl methyl sites for hydroxylation is 2. The van der Waals surface area contributed by atoms with Crippen molar-refractivity contribution >= 4 is 21.6 Å². The molecule has 0 radical (unpaired) electrons. The van der Waals surface area contributed by atoms with E-state index in [1.807, 2.05) is 19.1 Å². The zero-order chi connectivity index (χ0) is 18.9. The number of benzene rings is 2. The summed E-state index contributed by atoms with van der Waals surface area (Å²) >= 11 is 5.93. The van der Waals surface area contributed by atoms with Gasteiger partial charge in [-0.05, 0) is 54.8 Å². The van der Waals surface area contributed by atoms with Crippen LogP contribution in [-0.4, -0.2) is 39.5 Å². The molecular formula is C19H22ClNO4S. The Labute approximate surface area is 159 Å². The van der Waals surface area contributed by atoms with Gasteiger partial charge >= 0.3 is 0 Å². The van der Waals surface area contributed by atoms with Crippen molar-refractivity contribution in [2.24, 2.45) is 0 Å². The predicted octanol–water partition coefficient (Wildman–Crippen LogP) is 3.73. The molecule has 7 heteroatoms. The van der Waals surface area contributed by atoms with Crippen molar-refractivity contribution in [2.45, 2.75) is 24.8 Å². The molecule has 3 rings (SSSR count). The summed E-state index contributed by atoms with van der Waals surface area (Å²) in [5.41, 5.74) is 2.37. The highest BCUT2D eigenvalue weighted by molar-refractivity contribution is 7.89. The van der Waals surface area contributed by atoms with E-state index in [0.29, 0.717) is 34.4 Å². The Balaban J connectivity index is 1.89. The summed E-state index contributed by atoms with van der Waals surface area (Å²) in [6.45, 7) is 4.57. The van der Waals surface area contributed by atoms with E-state index in [4.69, 9.17) is 21.1 Å². The van der Waals surface area contributed by atoms with Crippen LogP contribution in [-0.2, 0) is 14.8 Å². The molecule has 0 saturated carbocycles. The summed E-state index contributed by atoms with van der Waals surface area (Å²) < 4.78 is 39.0. The second kappa shape index (κ2) is 7.56. The average Bonchev–Trinajstić information content (AvgIpc) is 2.64. The van der Waals surface area contributed by atoms with Crippen molar-refractivity contribution in [2.75, 3.05) is 26.8 Å². The van der Waals surface area contributed by atoms with Crippen molar-refractivity contribution in [1.82, 2.24) is 4.31 Å². The van der Waals surface area contributed by atoms with Gasteiger partial charge in [0.15, 0.2) is 0 Å². The van der Waals surface area contributed by atoms with Crippen LogP contribution < -0.4 is 4.74 Å². The first-order valence-corrected chi connectivity index (χ1v) is 10.2. The van der Waals surface area contributed by atoms with Gasteiger partial charge < -0.3 is 9.47 Å². The van der Waals surface area contributed by atoms with Crippen molar-refractivity contribution in [3.05, 3.63) is 58.1 Å². The lowest BCUT2D eigenvalue weighted by Gasteiger charge is -2.33. The number of sulfonamides is 1. The Morgan fingerprint density at radius 3 is 2.50 bits per heavy atom. The van der Waals surface area contributed by atoms with Crippen LogP contribution >= 0.6 is 11.6 Å². The molecule has 2 aromatic carbocycles. The van der Waals surface area contributed by atoms with E-state index in [2.05, 4.69) is 0 Å². The number of halogens is 1. The minimum atomic E-state index is -3.62. The maximum atomic E-state index is 13.2. The van der Waals surface area contributed by atoms with Gasteiger partial charge in [0.05, 0.1) is 24.7 Å². The number of rotatable bonds is 4. The molecule has 0 aromatic heterocycles. The first-order valence-electron chi connectivity index (χ1n) is 8.35.